The Morgan fingerprint density at radius 3 is 2.50 bits per heavy atom. The number of aliphatic hydroxyl groups is 1. The third kappa shape index (κ3) is 1.29. The van der Waals surface area contributed by atoms with E-state index < -0.39 is 29.3 Å². The van der Waals surface area contributed by atoms with Gasteiger partial charge in [-0.3, -0.25) is 9.59 Å². The molecule has 0 aliphatic heterocycles. The average Bonchev–Trinajstić information content (AvgIpc) is 2.13. The third-order valence-electron chi connectivity index (χ3n) is 2.77. The van der Waals surface area contributed by atoms with Gasteiger partial charge in [-0.1, -0.05) is 0 Å². The van der Waals surface area contributed by atoms with E-state index in [1.54, 1.807) is 0 Å². The maximum atomic E-state index is 11.5. The van der Waals surface area contributed by atoms with E-state index in [1.165, 1.54) is 6.92 Å². The highest BCUT2D eigenvalue weighted by atomic mass is 16.3. The summed E-state index contributed by atoms with van der Waals surface area (Å²) in [6.07, 6.45) is -0.446. The molecule has 16 heavy (non-hydrogen) atoms. The second-order valence-corrected chi connectivity index (χ2v) is 3.98. The summed E-state index contributed by atoms with van der Waals surface area (Å²) in [6.45, 7) is 1.24. The predicted octanol–water partition coefficient (Wildman–Crippen LogP) is 0.461. The number of carbonyl (C=O) groups is 2. The molecule has 1 aliphatic rings. The lowest BCUT2D eigenvalue weighted by molar-refractivity contribution is -0.136. The Morgan fingerprint density at radius 2 is 1.88 bits per heavy atom. The lowest BCUT2D eigenvalue weighted by atomic mass is 9.78. The number of fused-ring (bicyclic) bond motifs is 1. The molecular weight excluding hydrogens is 212 g/mol. The summed E-state index contributed by atoms with van der Waals surface area (Å²) >= 11 is 0. The number of Topliss-reactive ketones (excluding diaryl/α,β-unsaturated/α-hetero) is 2. The van der Waals surface area contributed by atoms with E-state index in [0.29, 0.717) is 0 Å². The van der Waals surface area contributed by atoms with Crippen molar-refractivity contribution in [1.82, 2.24) is 0 Å². The summed E-state index contributed by atoms with van der Waals surface area (Å²) in [5.74, 6) is -1.93. The maximum absolute atomic E-state index is 11.5. The maximum Gasteiger partial charge on any atom is 0.176 e. The minimum Gasteiger partial charge on any atom is -0.508 e. The molecular formula is C11H10O5. The van der Waals surface area contributed by atoms with E-state index in [2.05, 4.69) is 0 Å². The molecule has 1 unspecified atom stereocenters. The summed E-state index contributed by atoms with van der Waals surface area (Å²) in [7, 11) is 0. The highest BCUT2D eigenvalue weighted by Crippen LogP contribution is 2.39. The van der Waals surface area contributed by atoms with Gasteiger partial charge in [-0.05, 0) is 13.0 Å². The molecule has 1 aromatic carbocycles. The summed E-state index contributed by atoms with van der Waals surface area (Å²) in [5.41, 5.74) is -1.99. The molecule has 0 fully saturated rings. The van der Waals surface area contributed by atoms with E-state index >= 15 is 0 Å². The Balaban J connectivity index is 2.79. The number of phenols is 2. The quantitative estimate of drug-likeness (QED) is 0.554. The van der Waals surface area contributed by atoms with Gasteiger partial charge in [0, 0.05) is 11.6 Å². The molecule has 1 atom stereocenters. The second-order valence-electron chi connectivity index (χ2n) is 3.98. The van der Waals surface area contributed by atoms with E-state index in [4.69, 9.17) is 0 Å². The fraction of sp³-hybridized carbons (Fsp3) is 0.273. The van der Waals surface area contributed by atoms with Crippen LogP contribution in [0.25, 0.3) is 0 Å². The van der Waals surface area contributed by atoms with Crippen molar-refractivity contribution in [2.75, 3.05) is 0 Å². The Morgan fingerprint density at radius 1 is 1.25 bits per heavy atom. The van der Waals surface area contributed by atoms with E-state index in [0.717, 1.165) is 12.1 Å². The molecule has 84 valence electrons. The van der Waals surface area contributed by atoms with Gasteiger partial charge >= 0.3 is 0 Å². The molecule has 0 spiro atoms. The minimum absolute atomic E-state index is 0.0498. The van der Waals surface area contributed by atoms with Crippen molar-refractivity contribution in [3.8, 4) is 11.5 Å². The number of hydrogen-bond acceptors (Lipinski definition) is 5. The first kappa shape index (κ1) is 10.6. The highest BCUT2D eigenvalue weighted by molar-refractivity contribution is 6.16. The Bertz CT molecular complexity index is 501. The normalized spacial score (nSPS) is 24.4. The van der Waals surface area contributed by atoms with E-state index in [9.17, 15) is 24.9 Å². The van der Waals surface area contributed by atoms with Crippen LogP contribution in [0.2, 0.25) is 0 Å². The van der Waals surface area contributed by atoms with Crippen molar-refractivity contribution in [2.24, 2.45) is 0 Å². The van der Waals surface area contributed by atoms with Crippen molar-refractivity contribution < 1.29 is 24.9 Å². The number of hydrogen-bond donors (Lipinski definition) is 3. The van der Waals surface area contributed by atoms with Crippen LogP contribution in [0.4, 0.5) is 0 Å². The summed E-state index contributed by atoms with van der Waals surface area (Å²) < 4.78 is 0. The molecule has 0 saturated heterocycles. The predicted molar refractivity (Wildman–Crippen MR) is 53.3 cm³/mol. The number of aromatic hydroxyl groups is 2. The van der Waals surface area contributed by atoms with Crippen LogP contribution in [0.1, 0.15) is 29.3 Å². The molecule has 5 heteroatoms. The summed E-state index contributed by atoms with van der Waals surface area (Å²) in [6, 6.07) is 2.12. The monoisotopic (exact) mass is 222 g/mol. The molecule has 0 heterocycles. The van der Waals surface area contributed by atoms with Gasteiger partial charge < -0.3 is 15.3 Å². The zero-order chi connectivity index (χ0) is 12.1. The topological polar surface area (TPSA) is 94.8 Å². The molecule has 3 N–H and O–H groups in total. The number of benzene rings is 1. The van der Waals surface area contributed by atoms with Gasteiger partial charge in [-0.2, -0.15) is 0 Å². The summed E-state index contributed by atoms with van der Waals surface area (Å²) in [4.78, 5) is 23.0. The fourth-order valence-electron chi connectivity index (χ4n) is 1.85. The molecule has 1 aliphatic carbocycles. The van der Waals surface area contributed by atoms with Crippen molar-refractivity contribution in [3.05, 3.63) is 23.3 Å². The van der Waals surface area contributed by atoms with Crippen LogP contribution in [0.15, 0.2) is 12.1 Å². The third-order valence-corrected chi connectivity index (χ3v) is 2.77. The zero-order valence-corrected chi connectivity index (χ0v) is 8.52. The number of phenolic OH excluding ortho intramolecular Hbond substituents is 2. The molecule has 0 aromatic heterocycles. The minimum atomic E-state index is -1.85. The van der Waals surface area contributed by atoms with Crippen LogP contribution < -0.4 is 0 Å². The smallest absolute Gasteiger partial charge is 0.176 e. The lowest BCUT2D eigenvalue weighted by Crippen LogP contribution is -2.39. The van der Waals surface area contributed by atoms with Crippen LogP contribution in [-0.2, 0) is 10.4 Å². The number of rotatable bonds is 0. The number of carbonyl (C=O) groups excluding carboxylic acids is 2. The van der Waals surface area contributed by atoms with Gasteiger partial charge in [0.25, 0.3) is 0 Å². The van der Waals surface area contributed by atoms with Gasteiger partial charge in [0.2, 0.25) is 0 Å². The SMILES string of the molecule is CC1(O)C(=O)CC(=O)c2c(O)cc(O)cc21. The molecule has 1 aromatic rings. The van der Waals surface area contributed by atoms with Crippen molar-refractivity contribution in [1.29, 1.82) is 0 Å². The first-order valence-electron chi connectivity index (χ1n) is 4.69. The summed E-state index contributed by atoms with van der Waals surface area (Å²) in [5, 5.41) is 28.7. The Hall–Kier alpha value is -1.88. The molecule has 0 bridgehead atoms. The first-order valence-corrected chi connectivity index (χ1v) is 4.69. The molecule has 5 nitrogen and oxygen atoms in total. The van der Waals surface area contributed by atoms with Crippen molar-refractivity contribution in [3.63, 3.8) is 0 Å². The Labute approximate surface area is 91.0 Å². The van der Waals surface area contributed by atoms with Crippen molar-refractivity contribution >= 4 is 11.6 Å². The van der Waals surface area contributed by atoms with Crippen LogP contribution in [0, 0.1) is 0 Å². The van der Waals surface area contributed by atoms with E-state index in [-0.39, 0.29) is 16.9 Å². The molecule has 0 amide bonds. The van der Waals surface area contributed by atoms with E-state index in [1.807, 2.05) is 0 Å². The first-order chi connectivity index (χ1) is 7.34. The van der Waals surface area contributed by atoms with Gasteiger partial charge in [0.1, 0.15) is 17.1 Å². The van der Waals surface area contributed by atoms with Gasteiger partial charge in [-0.15, -0.1) is 0 Å². The zero-order valence-electron chi connectivity index (χ0n) is 8.52. The van der Waals surface area contributed by atoms with Gasteiger partial charge in [0.15, 0.2) is 11.6 Å². The largest absolute Gasteiger partial charge is 0.508 e. The van der Waals surface area contributed by atoms with Crippen LogP contribution in [-0.4, -0.2) is 26.9 Å². The highest BCUT2D eigenvalue weighted by Gasteiger charge is 2.42. The van der Waals surface area contributed by atoms with Crippen LogP contribution in [0.5, 0.6) is 11.5 Å². The van der Waals surface area contributed by atoms with Gasteiger partial charge in [0.05, 0.1) is 12.0 Å². The number of ketones is 2. The van der Waals surface area contributed by atoms with Crippen molar-refractivity contribution in [2.45, 2.75) is 18.9 Å². The molecule has 0 radical (unpaired) electrons. The fourth-order valence-corrected chi connectivity index (χ4v) is 1.85. The lowest BCUT2D eigenvalue weighted by Gasteiger charge is -2.29. The van der Waals surface area contributed by atoms with Crippen LogP contribution >= 0.6 is 0 Å². The van der Waals surface area contributed by atoms with Gasteiger partial charge in [-0.25, -0.2) is 0 Å². The second kappa shape index (κ2) is 3.05. The molecule has 0 saturated carbocycles. The molecule has 2 rings (SSSR count). The Kier molecular flexibility index (Phi) is 2.03. The standard InChI is InChI=1S/C11H10O5/c1-11(16)6-2-5(12)3-7(13)10(6)8(14)4-9(11)15/h2-3,12-13,16H,4H2,1H3. The van der Waals surface area contributed by atoms with Crippen LogP contribution in [0.3, 0.4) is 0 Å². The average molecular weight is 222 g/mol.